The van der Waals surface area contributed by atoms with E-state index in [1.165, 1.54) is 6.07 Å². The molecule has 0 saturated heterocycles. The Morgan fingerprint density at radius 1 is 1.39 bits per heavy atom. The highest BCUT2D eigenvalue weighted by Gasteiger charge is 2.09. The van der Waals surface area contributed by atoms with Crippen molar-refractivity contribution in [3.63, 3.8) is 0 Å². The number of hydrogen-bond donors (Lipinski definition) is 1. The molecule has 0 aliphatic rings. The molecule has 1 amide bonds. The van der Waals surface area contributed by atoms with Crippen LogP contribution in [-0.4, -0.2) is 17.3 Å². The van der Waals surface area contributed by atoms with Crippen molar-refractivity contribution in [2.45, 2.75) is 32.2 Å². The van der Waals surface area contributed by atoms with Crippen LogP contribution in [0.2, 0.25) is 0 Å². The van der Waals surface area contributed by atoms with Gasteiger partial charge in [0.15, 0.2) is 11.6 Å². The number of amides is 1. The second-order valence-corrected chi connectivity index (χ2v) is 5.02. The molecule has 1 unspecified atom stereocenters. The smallest absolute Gasteiger partial charge is 0.224 e. The highest BCUT2D eigenvalue weighted by atomic mass is 79.9. The third kappa shape index (κ3) is 5.12. The van der Waals surface area contributed by atoms with Gasteiger partial charge < -0.3 is 5.32 Å². The molecule has 18 heavy (non-hydrogen) atoms. The van der Waals surface area contributed by atoms with Crippen LogP contribution in [-0.2, 0) is 11.2 Å². The normalized spacial score (nSPS) is 12.2. The monoisotopic (exact) mass is 319 g/mol. The third-order valence-corrected chi connectivity index (χ3v) is 3.09. The molecule has 0 saturated carbocycles. The number of carbonyl (C=O) groups is 1. The second-order valence-electron chi connectivity index (χ2n) is 4.23. The van der Waals surface area contributed by atoms with Crippen LogP contribution in [0.3, 0.4) is 0 Å². The average molecular weight is 320 g/mol. The van der Waals surface area contributed by atoms with Crippen molar-refractivity contribution in [3.8, 4) is 0 Å². The van der Waals surface area contributed by atoms with E-state index in [-0.39, 0.29) is 18.4 Å². The van der Waals surface area contributed by atoms with Gasteiger partial charge in [-0.3, -0.25) is 4.79 Å². The zero-order valence-corrected chi connectivity index (χ0v) is 11.8. The Hall–Kier alpha value is -0.970. The molecule has 1 atom stereocenters. The molecule has 0 heterocycles. The lowest BCUT2D eigenvalue weighted by atomic mass is 10.1. The molecule has 5 heteroatoms. The lowest BCUT2D eigenvalue weighted by Gasteiger charge is -2.13. The second kappa shape index (κ2) is 7.46. The van der Waals surface area contributed by atoms with E-state index in [9.17, 15) is 13.6 Å². The number of carbonyl (C=O) groups excluding carboxylic acids is 1. The molecule has 1 rings (SSSR count). The fourth-order valence-corrected chi connectivity index (χ4v) is 1.94. The molecule has 0 aliphatic carbocycles. The van der Waals surface area contributed by atoms with E-state index < -0.39 is 11.6 Å². The van der Waals surface area contributed by atoms with Crippen molar-refractivity contribution >= 4 is 21.8 Å². The predicted octanol–water partition coefficient (Wildman–Crippen LogP) is 3.19. The number of nitrogens with one attached hydrogen (secondary N) is 1. The molecule has 1 N–H and O–H groups in total. The molecule has 100 valence electrons. The van der Waals surface area contributed by atoms with Crippen LogP contribution in [0.1, 0.15) is 25.3 Å². The van der Waals surface area contributed by atoms with Gasteiger partial charge in [0.2, 0.25) is 5.91 Å². The summed E-state index contributed by atoms with van der Waals surface area (Å²) < 4.78 is 25.7. The summed E-state index contributed by atoms with van der Waals surface area (Å²) in [5.41, 5.74) is 0.471. The molecule has 0 fully saturated rings. The fraction of sp³-hybridized carbons (Fsp3) is 0.462. The quantitative estimate of drug-likeness (QED) is 0.802. The maximum absolute atomic E-state index is 12.9. The van der Waals surface area contributed by atoms with Crippen LogP contribution in [0.5, 0.6) is 0 Å². The van der Waals surface area contributed by atoms with Gasteiger partial charge in [0.05, 0.1) is 6.42 Å². The van der Waals surface area contributed by atoms with Gasteiger partial charge in [-0.05, 0) is 37.5 Å². The van der Waals surface area contributed by atoms with E-state index in [4.69, 9.17) is 0 Å². The Kier molecular flexibility index (Phi) is 6.25. The number of benzene rings is 1. The van der Waals surface area contributed by atoms with E-state index in [2.05, 4.69) is 21.2 Å². The van der Waals surface area contributed by atoms with Crippen LogP contribution in [0, 0.1) is 11.6 Å². The zero-order chi connectivity index (χ0) is 13.5. The minimum atomic E-state index is -0.923. The first-order valence-corrected chi connectivity index (χ1v) is 6.94. The maximum Gasteiger partial charge on any atom is 0.224 e. The molecule has 0 spiro atoms. The summed E-state index contributed by atoms with van der Waals surface area (Å²) in [5.74, 6) is -2.00. The van der Waals surface area contributed by atoms with E-state index in [0.29, 0.717) is 5.56 Å². The summed E-state index contributed by atoms with van der Waals surface area (Å²) in [4.78, 5) is 11.6. The molecule has 0 aromatic heterocycles. The minimum Gasteiger partial charge on any atom is -0.353 e. The Balaban J connectivity index is 2.46. The summed E-state index contributed by atoms with van der Waals surface area (Å²) >= 11 is 3.32. The standard InChI is InChI=1S/C13H16BrF2NO/c1-9(3-2-6-14)17-13(18)8-10-4-5-11(15)12(16)7-10/h4-5,7,9H,2-3,6,8H2,1H3,(H,17,18). The van der Waals surface area contributed by atoms with Crippen molar-refractivity contribution in [3.05, 3.63) is 35.4 Å². The largest absolute Gasteiger partial charge is 0.353 e. The summed E-state index contributed by atoms with van der Waals surface area (Å²) in [6.07, 6.45) is 1.93. The number of hydrogen-bond acceptors (Lipinski definition) is 1. The molecule has 2 nitrogen and oxygen atoms in total. The van der Waals surface area contributed by atoms with Gasteiger partial charge in [-0.2, -0.15) is 0 Å². The number of halogens is 3. The lowest BCUT2D eigenvalue weighted by Crippen LogP contribution is -2.33. The Morgan fingerprint density at radius 2 is 2.11 bits per heavy atom. The van der Waals surface area contributed by atoms with Crippen LogP contribution in [0.25, 0.3) is 0 Å². The molecular formula is C13H16BrF2NO. The van der Waals surface area contributed by atoms with Gasteiger partial charge >= 0.3 is 0 Å². The summed E-state index contributed by atoms with van der Waals surface area (Å²) in [5, 5.41) is 3.72. The molecule has 0 bridgehead atoms. The van der Waals surface area contributed by atoms with Gasteiger partial charge in [-0.15, -0.1) is 0 Å². The zero-order valence-electron chi connectivity index (χ0n) is 10.2. The van der Waals surface area contributed by atoms with Crippen molar-refractivity contribution < 1.29 is 13.6 Å². The Labute approximate surface area is 114 Å². The first-order valence-electron chi connectivity index (χ1n) is 5.82. The summed E-state index contributed by atoms with van der Waals surface area (Å²) in [6, 6.07) is 3.59. The van der Waals surface area contributed by atoms with Gasteiger partial charge in [0, 0.05) is 11.4 Å². The fourth-order valence-electron chi connectivity index (χ4n) is 1.62. The van der Waals surface area contributed by atoms with Crippen molar-refractivity contribution in [1.82, 2.24) is 5.32 Å². The summed E-state index contributed by atoms with van der Waals surface area (Å²) in [7, 11) is 0. The van der Waals surface area contributed by atoms with E-state index in [0.717, 1.165) is 30.3 Å². The molecular weight excluding hydrogens is 304 g/mol. The summed E-state index contributed by atoms with van der Waals surface area (Å²) in [6.45, 7) is 1.92. The lowest BCUT2D eigenvalue weighted by molar-refractivity contribution is -0.121. The number of rotatable bonds is 6. The Morgan fingerprint density at radius 3 is 2.72 bits per heavy atom. The molecule has 0 radical (unpaired) electrons. The highest BCUT2D eigenvalue weighted by molar-refractivity contribution is 9.09. The Bertz CT molecular complexity index is 412. The minimum absolute atomic E-state index is 0.0653. The van der Waals surface area contributed by atoms with Crippen molar-refractivity contribution in [2.75, 3.05) is 5.33 Å². The van der Waals surface area contributed by atoms with Crippen molar-refractivity contribution in [1.29, 1.82) is 0 Å². The topological polar surface area (TPSA) is 29.1 Å². The van der Waals surface area contributed by atoms with Crippen LogP contribution in [0.4, 0.5) is 8.78 Å². The number of alkyl halides is 1. The van der Waals surface area contributed by atoms with Gasteiger partial charge in [-0.25, -0.2) is 8.78 Å². The SMILES string of the molecule is CC(CCCBr)NC(=O)Cc1ccc(F)c(F)c1. The van der Waals surface area contributed by atoms with Crippen molar-refractivity contribution in [2.24, 2.45) is 0 Å². The molecule has 1 aromatic carbocycles. The molecule has 0 aliphatic heterocycles. The maximum atomic E-state index is 12.9. The first-order chi connectivity index (χ1) is 8.52. The van der Waals surface area contributed by atoms with Crippen LogP contribution < -0.4 is 5.32 Å². The van der Waals surface area contributed by atoms with Gasteiger partial charge in [-0.1, -0.05) is 22.0 Å². The average Bonchev–Trinajstić information content (AvgIpc) is 2.31. The van der Waals surface area contributed by atoms with Crippen LogP contribution >= 0.6 is 15.9 Å². The van der Waals surface area contributed by atoms with Gasteiger partial charge in [0.25, 0.3) is 0 Å². The van der Waals surface area contributed by atoms with Crippen LogP contribution in [0.15, 0.2) is 18.2 Å². The van der Waals surface area contributed by atoms with E-state index in [1.54, 1.807) is 0 Å². The molecule has 1 aromatic rings. The first kappa shape index (κ1) is 15.1. The van der Waals surface area contributed by atoms with Gasteiger partial charge in [0.1, 0.15) is 0 Å². The third-order valence-electron chi connectivity index (χ3n) is 2.53. The predicted molar refractivity (Wildman–Crippen MR) is 70.7 cm³/mol. The van der Waals surface area contributed by atoms with E-state index >= 15 is 0 Å². The highest BCUT2D eigenvalue weighted by Crippen LogP contribution is 2.09. The van der Waals surface area contributed by atoms with E-state index in [1.807, 2.05) is 6.92 Å².